The van der Waals surface area contributed by atoms with Crippen LogP contribution in [0.3, 0.4) is 0 Å². The van der Waals surface area contributed by atoms with Crippen molar-refractivity contribution < 1.29 is 9.90 Å². The molecule has 0 aliphatic carbocycles. The van der Waals surface area contributed by atoms with E-state index in [9.17, 15) is 14.7 Å². The van der Waals surface area contributed by atoms with Crippen LogP contribution >= 0.6 is 0 Å². The highest BCUT2D eigenvalue weighted by molar-refractivity contribution is 5.95. The molecule has 1 saturated heterocycles. The molecule has 0 bridgehead atoms. The van der Waals surface area contributed by atoms with Gasteiger partial charge in [0, 0.05) is 31.3 Å². The van der Waals surface area contributed by atoms with Crippen LogP contribution in [0.15, 0.2) is 77.7 Å². The molecule has 1 aromatic heterocycles. The highest BCUT2D eigenvalue weighted by Crippen LogP contribution is 2.43. The van der Waals surface area contributed by atoms with Crippen molar-refractivity contribution in [2.75, 3.05) is 13.1 Å². The topological polar surface area (TPSA) is 65.8 Å². The van der Waals surface area contributed by atoms with E-state index in [4.69, 9.17) is 0 Å². The molecule has 1 N–H and O–H groups in total. The van der Waals surface area contributed by atoms with Gasteiger partial charge >= 0.3 is 0 Å². The smallest absolute Gasteiger partial charge is 0.288 e. The van der Waals surface area contributed by atoms with Crippen molar-refractivity contribution in [3.8, 4) is 5.75 Å². The van der Waals surface area contributed by atoms with Gasteiger partial charge < -0.3 is 9.67 Å². The Bertz CT molecular complexity index is 1090. The number of hydrazine groups is 1. The summed E-state index contributed by atoms with van der Waals surface area (Å²) in [5.74, 6) is -0.889. The molecule has 152 valence electrons. The van der Waals surface area contributed by atoms with Crippen molar-refractivity contribution >= 4 is 5.91 Å². The predicted molar refractivity (Wildman–Crippen MR) is 113 cm³/mol. The second-order valence-electron chi connectivity index (χ2n) is 7.80. The van der Waals surface area contributed by atoms with Crippen molar-refractivity contribution in [2.24, 2.45) is 0 Å². The quantitative estimate of drug-likeness (QED) is 0.731. The van der Waals surface area contributed by atoms with Gasteiger partial charge in [-0.25, -0.2) is 0 Å². The Morgan fingerprint density at radius 2 is 1.43 bits per heavy atom. The Labute approximate surface area is 174 Å². The molecule has 6 heteroatoms. The zero-order valence-corrected chi connectivity index (χ0v) is 16.5. The molecule has 1 fully saturated rings. The van der Waals surface area contributed by atoms with Crippen LogP contribution in [0, 0.1) is 0 Å². The number of aromatic nitrogens is 1. The Morgan fingerprint density at radius 1 is 0.833 bits per heavy atom. The molecule has 1 amide bonds. The molecule has 2 aromatic carbocycles. The molecule has 3 heterocycles. The van der Waals surface area contributed by atoms with Crippen LogP contribution in [0.1, 0.15) is 46.5 Å². The summed E-state index contributed by atoms with van der Waals surface area (Å²) in [7, 11) is 0. The van der Waals surface area contributed by atoms with E-state index in [0.717, 1.165) is 30.5 Å². The fourth-order valence-electron chi connectivity index (χ4n) is 4.71. The SMILES string of the molecule is O=C1c2c(O)c(=O)ccn2C(C(c2ccccc2)c2ccccc2)N2CCCCN12. The lowest BCUT2D eigenvalue weighted by molar-refractivity contribution is -0.0987. The molecule has 5 rings (SSSR count). The van der Waals surface area contributed by atoms with Crippen LogP contribution in [0.25, 0.3) is 0 Å². The van der Waals surface area contributed by atoms with Gasteiger partial charge in [-0.3, -0.25) is 14.6 Å². The third-order valence-electron chi connectivity index (χ3n) is 6.06. The largest absolute Gasteiger partial charge is 0.503 e. The van der Waals surface area contributed by atoms with Gasteiger partial charge in [0.1, 0.15) is 6.17 Å². The Morgan fingerprint density at radius 3 is 2.07 bits per heavy atom. The van der Waals surface area contributed by atoms with Gasteiger partial charge in [0.15, 0.2) is 11.4 Å². The van der Waals surface area contributed by atoms with Gasteiger partial charge in [0.2, 0.25) is 5.43 Å². The normalized spacial score (nSPS) is 18.9. The number of benzene rings is 2. The van der Waals surface area contributed by atoms with Gasteiger partial charge in [0.25, 0.3) is 5.91 Å². The predicted octanol–water partition coefficient (Wildman–Crippen LogP) is 3.35. The van der Waals surface area contributed by atoms with Crippen molar-refractivity contribution in [1.82, 2.24) is 14.6 Å². The Balaban J connectivity index is 1.77. The molecule has 2 aliphatic heterocycles. The highest BCUT2D eigenvalue weighted by Gasteiger charge is 2.44. The molecule has 30 heavy (non-hydrogen) atoms. The maximum Gasteiger partial charge on any atom is 0.288 e. The molecular formula is C24H23N3O3. The number of carbonyl (C=O) groups excluding carboxylic acids is 1. The van der Waals surface area contributed by atoms with E-state index in [1.807, 2.05) is 36.4 Å². The number of hydrogen-bond donors (Lipinski definition) is 1. The van der Waals surface area contributed by atoms with E-state index in [1.165, 1.54) is 6.07 Å². The first kappa shape index (κ1) is 18.6. The van der Waals surface area contributed by atoms with Crippen LogP contribution in [0.5, 0.6) is 5.75 Å². The number of amides is 1. The molecule has 0 saturated carbocycles. The Kier molecular flexibility index (Phi) is 4.64. The lowest BCUT2D eigenvalue weighted by Gasteiger charge is -2.50. The zero-order valence-electron chi connectivity index (χ0n) is 16.5. The first-order valence-electron chi connectivity index (χ1n) is 10.3. The van der Waals surface area contributed by atoms with Crippen LogP contribution in [0.4, 0.5) is 0 Å². The third-order valence-corrected chi connectivity index (χ3v) is 6.06. The monoisotopic (exact) mass is 401 g/mol. The lowest BCUT2D eigenvalue weighted by Crippen LogP contribution is -2.59. The number of fused-ring (bicyclic) bond motifs is 2. The van der Waals surface area contributed by atoms with Crippen molar-refractivity contribution in [3.05, 3.63) is 100.0 Å². The number of aromatic hydroxyl groups is 1. The molecule has 1 unspecified atom stereocenters. The van der Waals surface area contributed by atoms with Crippen molar-refractivity contribution in [3.63, 3.8) is 0 Å². The average Bonchev–Trinajstić information content (AvgIpc) is 2.80. The molecule has 0 radical (unpaired) electrons. The zero-order chi connectivity index (χ0) is 20.7. The van der Waals surface area contributed by atoms with Crippen molar-refractivity contribution in [1.29, 1.82) is 0 Å². The van der Waals surface area contributed by atoms with Gasteiger partial charge in [-0.1, -0.05) is 60.7 Å². The molecule has 3 aromatic rings. The van der Waals surface area contributed by atoms with Gasteiger partial charge in [-0.2, -0.15) is 5.01 Å². The van der Waals surface area contributed by atoms with E-state index in [2.05, 4.69) is 29.3 Å². The minimum atomic E-state index is -0.533. The van der Waals surface area contributed by atoms with Crippen LogP contribution in [-0.4, -0.2) is 38.7 Å². The summed E-state index contributed by atoms with van der Waals surface area (Å²) in [5.41, 5.74) is 1.76. The minimum absolute atomic E-state index is 0.0718. The van der Waals surface area contributed by atoms with Crippen LogP contribution in [-0.2, 0) is 0 Å². The van der Waals surface area contributed by atoms with Crippen molar-refractivity contribution in [2.45, 2.75) is 24.9 Å². The first-order chi connectivity index (χ1) is 14.7. The fourth-order valence-corrected chi connectivity index (χ4v) is 4.71. The molecule has 2 aliphatic rings. The molecule has 0 spiro atoms. The number of rotatable bonds is 3. The van der Waals surface area contributed by atoms with Gasteiger partial charge in [-0.15, -0.1) is 0 Å². The number of nitrogens with zero attached hydrogens (tertiary/aromatic N) is 3. The van der Waals surface area contributed by atoms with Crippen LogP contribution < -0.4 is 5.43 Å². The fraction of sp³-hybridized carbons (Fsp3) is 0.250. The maximum atomic E-state index is 13.2. The summed E-state index contributed by atoms with van der Waals surface area (Å²) in [6.07, 6.45) is 3.24. The molecular weight excluding hydrogens is 378 g/mol. The summed E-state index contributed by atoms with van der Waals surface area (Å²) in [4.78, 5) is 25.4. The Hall–Kier alpha value is -3.38. The van der Waals surface area contributed by atoms with E-state index < -0.39 is 11.2 Å². The van der Waals surface area contributed by atoms with E-state index in [1.54, 1.807) is 15.8 Å². The second-order valence-corrected chi connectivity index (χ2v) is 7.80. The van der Waals surface area contributed by atoms with E-state index in [-0.39, 0.29) is 23.7 Å². The molecule has 1 atom stereocenters. The third kappa shape index (κ3) is 2.92. The second kappa shape index (κ2) is 7.46. The van der Waals surface area contributed by atoms with Gasteiger partial charge in [-0.05, 0) is 24.0 Å². The highest BCUT2D eigenvalue weighted by atomic mass is 16.3. The van der Waals surface area contributed by atoms with Gasteiger partial charge in [0.05, 0.1) is 0 Å². The summed E-state index contributed by atoms with van der Waals surface area (Å²) >= 11 is 0. The summed E-state index contributed by atoms with van der Waals surface area (Å²) in [5, 5.41) is 14.4. The van der Waals surface area contributed by atoms with E-state index in [0.29, 0.717) is 6.54 Å². The van der Waals surface area contributed by atoms with E-state index >= 15 is 0 Å². The number of pyridine rings is 1. The summed E-state index contributed by atoms with van der Waals surface area (Å²) < 4.78 is 1.78. The number of hydrogen-bond acceptors (Lipinski definition) is 4. The summed E-state index contributed by atoms with van der Waals surface area (Å²) in [6, 6.07) is 21.7. The average molecular weight is 401 g/mol. The minimum Gasteiger partial charge on any atom is -0.503 e. The first-order valence-corrected chi connectivity index (χ1v) is 10.3. The molecule has 6 nitrogen and oxygen atoms in total. The maximum absolute atomic E-state index is 13.2. The standard InChI is InChI=1S/C24H23N3O3/c28-19-13-16-25-21(22(19)29)24(30)27-15-8-7-14-26(27)23(25)20(17-9-3-1-4-10-17)18-11-5-2-6-12-18/h1-6,9-13,16,20,23,29H,7-8,14-15H2. The van der Waals surface area contributed by atoms with Crippen LogP contribution in [0.2, 0.25) is 0 Å². The summed E-state index contributed by atoms with van der Waals surface area (Å²) in [6.45, 7) is 1.31. The lowest BCUT2D eigenvalue weighted by atomic mass is 9.87. The number of carbonyl (C=O) groups is 1.